The number of hydrogen-bond donors (Lipinski definition) is 0. The number of carbonyl (C=O) groups is 1. The van der Waals surface area contributed by atoms with Crippen LogP contribution in [0.1, 0.15) is 5.56 Å². The highest BCUT2D eigenvalue weighted by Crippen LogP contribution is 2.33. The SMILES string of the molecule is C=CCn1c(=NC(=O)COc2ccccc2C)sc2cc(OC)c(OC)cc21. The van der Waals surface area contributed by atoms with Crippen LogP contribution in [0.3, 0.4) is 0 Å². The summed E-state index contributed by atoms with van der Waals surface area (Å²) < 4.78 is 19.2. The molecule has 0 bridgehead atoms. The number of fused-ring (bicyclic) bond motifs is 1. The van der Waals surface area contributed by atoms with Crippen LogP contribution in [-0.2, 0) is 11.3 Å². The first-order valence-corrected chi connectivity index (χ1v) is 9.51. The van der Waals surface area contributed by atoms with Crippen molar-refractivity contribution in [3.63, 3.8) is 0 Å². The molecule has 0 aliphatic carbocycles. The number of benzene rings is 2. The van der Waals surface area contributed by atoms with Crippen molar-refractivity contribution >= 4 is 27.5 Å². The van der Waals surface area contributed by atoms with Gasteiger partial charge in [0, 0.05) is 18.7 Å². The molecule has 0 fully saturated rings. The molecule has 0 spiro atoms. The normalized spacial score (nSPS) is 11.5. The first kappa shape index (κ1) is 19.7. The van der Waals surface area contributed by atoms with Crippen molar-refractivity contribution in [3.05, 3.63) is 59.4 Å². The van der Waals surface area contributed by atoms with Crippen molar-refractivity contribution < 1.29 is 19.0 Å². The second-order valence-corrected chi connectivity index (χ2v) is 7.03. The van der Waals surface area contributed by atoms with Crippen molar-refractivity contribution in [3.8, 4) is 17.2 Å². The van der Waals surface area contributed by atoms with E-state index in [1.54, 1.807) is 20.3 Å². The Hall–Kier alpha value is -3.06. The number of hydrogen-bond acceptors (Lipinski definition) is 5. The summed E-state index contributed by atoms with van der Waals surface area (Å²) in [5.74, 6) is 1.57. The first-order chi connectivity index (χ1) is 13.6. The van der Waals surface area contributed by atoms with Crippen molar-refractivity contribution in [1.82, 2.24) is 4.57 Å². The van der Waals surface area contributed by atoms with Gasteiger partial charge in [-0.05, 0) is 18.6 Å². The standard InChI is InChI=1S/C21H22N2O4S/c1-5-10-23-15-11-17(25-3)18(26-4)12-19(15)28-21(23)22-20(24)13-27-16-9-7-6-8-14(16)2/h5-9,11-12H,1,10,13H2,2-4H3. The average molecular weight is 398 g/mol. The zero-order chi connectivity index (χ0) is 20.1. The smallest absolute Gasteiger partial charge is 0.286 e. The maximum Gasteiger partial charge on any atom is 0.286 e. The molecule has 0 N–H and O–H groups in total. The van der Waals surface area contributed by atoms with Crippen LogP contribution in [0.4, 0.5) is 0 Å². The Morgan fingerprint density at radius 3 is 2.57 bits per heavy atom. The predicted octanol–water partition coefficient (Wildman–Crippen LogP) is 3.72. The van der Waals surface area contributed by atoms with Crippen molar-refractivity contribution in [2.75, 3.05) is 20.8 Å². The van der Waals surface area contributed by atoms with Crippen LogP contribution in [-0.4, -0.2) is 31.3 Å². The highest BCUT2D eigenvalue weighted by atomic mass is 32.1. The minimum absolute atomic E-state index is 0.125. The molecule has 2 aromatic carbocycles. The minimum atomic E-state index is -0.355. The van der Waals surface area contributed by atoms with E-state index in [9.17, 15) is 4.79 Å². The lowest BCUT2D eigenvalue weighted by atomic mass is 10.2. The van der Waals surface area contributed by atoms with Crippen LogP contribution in [0.2, 0.25) is 0 Å². The quantitative estimate of drug-likeness (QED) is 0.569. The van der Waals surface area contributed by atoms with E-state index in [-0.39, 0.29) is 12.5 Å². The number of thiazole rings is 1. The average Bonchev–Trinajstić information content (AvgIpc) is 3.02. The Kier molecular flexibility index (Phi) is 6.16. The molecule has 0 unspecified atom stereocenters. The molecule has 1 aromatic heterocycles. The molecule has 0 atom stereocenters. The van der Waals surface area contributed by atoms with Gasteiger partial charge in [0.15, 0.2) is 22.9 Å². The van der Waals surface area contributed by atoms with Crippen LogP contribution >= 0.6 is 11.3 Å². The van der Waals surface area contributed by atoms with Crippen LogP contribution in [0, 0.1) is 6.92 Å². The van der Waals surface area contributed by atoms with Crippen molar-refractivity contribution in [2.45, 2.75) is 13.5 Å². The molecular formula is C21H22N2O4S. The second-order valence-electron chi connectivity index (χ2n) is 6.02. The minimum Gasteiger partial charge on any atom is -0.493 e. The van der Waals surface area contributed by atoms with Gasteiger partial charge < -0.3 is 18.8 Å². The molecule has 3 rings (SSSR count). The Labute approximate surface area is 167 Å². The molecule has 7 heteroatoms. The molecule has 0 aliphatic rings. The van der Waals surface area contributed by atoms with E-state index in [4.69, 9.17) is 14.2 Å². The number of rotatable bonds is 7. The fraction of sp³-hybridized carbons (Fsp3) is 0.238. The molecule has 0 saturated carbocycles. The maximum absolute atomic E-state index is 12.4. The molecular weight excluding hydrogens is 376 g/mol. The summed E-state index contributed by atoms with van der Waals surface area (Å²) in [5, 5.41) is 0. The van der Waals surface area contributed by atoms with E-state index in [0.717, 1.165) is 15.8 Å². The predicted molar refractivity (Wildman–Crippen MR) is 110 cm³/mol. The lowest BCUT2D eigenvalue weighted by molar-refractivity contribution is -0.120. The number of carbonyl (C=O) groups excluding carboxylic acids is 1. The Morgan fingerprint density at radius 2 is 1.89 bits per heavy atom. The van der Waals surface area contributed by atoms with E-state index in [1.165, 1.54) is 11.3 Å². The van der Waals surface area contributed by atoms with Crippen LogP contribution < -0.4 is 19.0 Å². The van der Waals surface area contributed by atoms with Crippen molar-refractivity contribution in [2.24, 2.45) is 4.99 Å². The number of methoxy groups -OCH3 is 2. The summed E-state index contributed by atoms with van der Waals surface area (Å²) in [6, 6.07) is 11.3. The summed E-state index contributed by atoms with van der Waals surface area (Å²) in [4.78, 5) is 17.2. The van der Waals surface area contributed by atoms with E-state index < -0.39 is 0 Å². The monoisotopic (exact) mass is 398 g/mol. The van der Waals surface area contributed by atoms with Gasteiger partial charge in [-0.15, -0.1) is 6.58 Å². The first-order valence-electron chi connectivity index (χ1n) is 8.69. The molecule has 0 saturated heterocycles. The van der Waals surface area contributed by atoms with E-state index in [2.05, 4.69) is 11.6 Å². The van der Waals surface area contributed by atoms with Gasteiger partial charge in [-0.3, -0.25) is 4.79 Å². The van der Waals surface area contributed by atoms with E-state index >= 15 is 0 Å². The molecule has 1 amide bonds. The lowest BCUT2D eigenvalue weighted by Gasteiger charge is -2.08. The largest absolute Gasteiger partial charge is 0.493 e. The number of para-hydroxylation sites is 1. The number of allylic oxidation sites excluding steroid dienone is 1. The third-order valence-corrected chi connectivity index (χ3v) is 5.21. The van der Waals surface area contributed by atoms with Gasteiger partial charge in [0.05, 0.1) is 24.4 Å². The van der Waals surface area contributed by atoms with Gasteiger partial charge >= 0.3 is 0 Å². The fourth-order valence-corrected chi connectivity index (χ4v) is 3.85. The summed E-state index contributed by atoms with van der Waals surface area (Å²) >= 11 is 1.40. The number of aromatic nitrogens is 1. The summed E-state index contributed by atoms with van der Waals surface area (Å²) in [5.41, 5.74) is 1.87. The molecule has 0 aliphatic heterocycles. The third-order valence-electron chi connectivity index (χ3n) is 4.16. The molecule has 28 heavy (non-hydrogen) atoms. The third kappa shape index (κ3) is 4.09. The van der Waals surface area contributed by atoms with Gasteiger partial charge in [0.25, 0.3) is 5.91 Å². The van der Waals surface area contributed by atoms with E-state index in [0.29, 0.717) is 28.6 Å². The summed E-state index contributed by atoms with van der Waals surface area (Å²) in [7, 11) is 3.18. The second kappa shape index (κ2) is 8.75. The zero-order valence-electron chi connectivity index (χ0n) is 16.1. The molecule has 1 heterocycles. The molecule has 6 nitrogen and oxygen atoms in total. The molecule has 0 radical (unpaired) electrons. The zero-order valence-corrected chi connectivity index (χ0v) is 16.9. The number of nitrogens with zero attached hydrogens (tertiary/aromatic N) is 2. The number of ether oxygens (including phenoxy) is 3. The van der Waals surface area contributed by atoms with Gasteiger partial charge in [0.1, 0.15) is 5.75 Å². The van der Waals surface area contributed by atoms with Crippen LogP contribution in [0.15, 0.2) is 54.0 Å². The Bertz CT molecular complexity index is 1080. The van der Waals surface area contributed by atoms with Gasteiger partial charge in [-0.2, -0.15) is 4.99 Å². The highest BCUT2D eigenvalue weighted by molar-refractivity contribution is 7.16. The lowest BCUT2D eigenvalue weighted by Crippen LogP contribution is -2.19. The van der Waals surface area contributed by atoms with Gasteiger partial charge in [-0.1, -0.05) is 35.6 Å². The Balaban J connectivity index is 1.96. The van der Waals surface area contributed by atoms with Crippen molar-refractivity contribution in [1.29, 1.82) is 0 Å². The van der Waals surface area contributed by atoms with E-state index in [1.807, 2.05) is 47.9 Å². The van der Waals surface area contributed by atoms with Crippen LogP contribution in [0.5, 0.6) is 17.2 Å². The number of amides is 1. The maximum atomic E-state index is 12.4. The topological polar surface area (TPSA) is 62.1 Å². The summed E-state index contributed by atoms with van der Waals surface area (Å²) in [6.07, 6.45) is 1.76. The van der Waals surface area contributed by atoms with Gasteiger partial charge in [-0.25, -0.2) is 0 Å². The molecule has 3 aromatic rings. The molecule has 146 valence electrons. The van der Waals surface area contributed by atoms with Crippen LogP contribution in [0.25, 0.3) is 10.2 Å². The highest BCUT2D eigenvalue weighted by Gasteiger charge is 2.13. The Morgan fingerprint density at radius 1 is 1.18 bits per heavy atom. The fourth-order valence-electron chi connectivity index (χ4n) is 2.78. The summed E-state index contributed by atoms with van der Waals surface area (Å²) in [6.45, 7) is 6.12. The number of aryl methyl sites for hydroxylation is 1. The van der Waals surface area contributed by atoms with Gasteiger partial charge in [0.2, 0.25) is 0 Å².